The number of hydrogen-bond acceptors (Lipinski definition) is 4. The average molecular weight is 262 g/mol. The van der Waals surface area contributed by atoms with Crippen LogP contribution in [0, 0.1) is 0 Å². The van der Waals surface area contributed by atoms with Gasteiger partial charge in [-0.3, -0.25) is 0 Å². The van der Waals surface area contributed by atoms with Gasteiger partial charge in [0.2, 0.25) is 0 Å². The molecule has 0 fully saturated rings. The fraction of sp³-hybridized carbons (Fsp3) is 0. The van der Waals surface area contributed by atoms with Crippen molar-refractivity contribution in [1.82, 2.24) is 0 Å². The molecule has 15 heavy (non-hydrogen) atoms. The topological polar surface area (TPSA) is 115 Å². The van der Waals surface area contributed by atoms with Crippen molar-refractivity contribution < 1.29 is 47.1 Å². The number of aromatic carboxylic acids is 2. The normalized spacial score (nSPS) is 9.07. The summed E-state index contributed by atoms with van der Waals surface area (Å²) in [5, 5.41) is 35.2. The number of phenols is 2. The van der Waals surface area contributed by atoms with Gasteiger partial charge in [-0.1, -0.05) is 0 Å². The minimum absolute atomic E-state index is 0. The molecule has 0 bridgehead atoms. The number of carboxylic acid groups (broad SMARTS) is 2. The summed E-state index contributed by atoms with van der Waals surface area (Å²) >= 11 is 0. The number of carbonyl (C=O) groups is 2. The number of aromatic hydroxyl groups is 2. The third-order valence-corrected chi connectivity index (χ3v) is 1.57. The van der Waals surface area contributed by atoms with Crippen molar-refractivity contribution in [3.05, 3.63) is 23.3 Å². The predicted molar refractivity (Wildman–Crippen MR) is 43.7 cm³/mol. The van der Waals surface area contributed by atoms with E-state index in [9.17, 15) is 9.59 Å². The molecule has 1 rings (SSSR count). The molecule has 6 nitrogen and oxygen atoms in total. The molecule has 0 aromatic heterocycles. The molecule has 4 N–H and O–H groups in total. The molecule has 0 aliphatic rings. The van der Waals surface area contributed by atoms with Gasteiger partial charge in [-0.2, -0.15) is 0 Å². The van der Waals surface area contributed by atoms with E-state index in [1.54, 1.807) is 0 Å². The van der Waals surface area contributed by atoms with Crippen molar-refractivity contribution >= 4 is 11.9 Å². The zero-order valence-corrected chi connectivity index (χ0v) is 8.00. The maximum absolute atomic E-state index is 10.4. The van der Waals surface area contributed by atoms with Crippen LogP contribution >= 0.6 is 0 Å². The standard InChI is InChI=1S/C8H6O6.Cu/c9-5-1-3(7(11)12)6(10)2-4(5)8(13)14;/h1-2,9-10H,(H,11,12)(H,13,14);. The summed E-state index contributed by atoms with van der Waals surface area (Å²) in [5.41, 5.74) is -1.10. The minimum atomic E-state index is -1.45. The van der Waals surface area contributed by atoms with E-state index in [0.717, 1.165) is 0 Å². The quantitative estimate of drug-likeness (QED) is 0.455. The fourth-order valence-corrected chi connectivity index (χ4v) is 0.919. The van der Waals surface area contributed by atoms with Crippen LogP contribution in [0.15, 0.2) is 12.1 Å². The van der Waals surface area contributed by atoms with Crippen molar-refractivity contribution in [2.75, 3.05) is 0 Å². The van der Waals surface area contributed by atoms with Gasteiger partial charge in [-0.25, -0.2) is 9.59 Å². The summed E-state index contributed by atoms with van der Waals surface area (Å²) in [7, 11) is 0. The van der Waals surface area contributed by atoms with Crippen LogP contribution in [-0.4, -0.2) is 32.4 Å². The first-order valence-electron chi connectivity index (χ1n) is 3.46. The Hall–Kier alpha value is -1.72. The monoisotopic (exact) mass is 261 g/mol. The molecule has 0 unspecified atom stereocenters. The largest absolute Gasteiger partial charge is 0.507 e. The zero-order valence-electron chi connectivity index (χ0n) is 7.06. The number of hydrogen-bond donors (Lipinski definition) is 4. The number of rotatable bonds is 2. The molecule has 0 atom stereocenters. The molecule has 1 radical (unpaired) electrons. The first-order valence-corrected chi connectivity index (χ1v) is 3.46. The Morgan fingerprint density at radius 1 is 0.867 bits per heavy atom. The van der Waals surface area contributed by atoms with Crippen LogP contribution in [0.3, 0.4) is 0 Å². The summed E-state index contributed by atoms with van der Waals surface area (Å²) in [6.07, 6.45) is 0. The molecule has 0 saturated carbocycles. The van der Waals surface area contributed by atoms with E-state index in [0.29, 0.717) is 12.1 Å². The smallest absolute Gasteiger partial charge is 0.339 e. The van der Waals surface area contributed by atoms with Gasteiger partial charge in [0.05, 0.1) is 0 Å². The molecule has 0 saturated heterocycles. The van der Waals surface area contributed by atoms with Crippen molar-refractivity contribution in [3.63, 3.8) is 0 Å². The van der Waals surface area contributed by atoms with E-state index in [1.807, 2.05) is 0 Å². The molecule has 0 heterocycles. The van der Waals surface area contributed by atoms with Gasteiger partial charge in [0, 0.05) is 17.1 Å². The Morgan fingerprint density at radius 3 is 1.33 bits per heavy atom. The van der Waals surface area contributed by atoms with Crippen LogP contribution in [0.5, 0.6) is 11.5 Å². The van der Waals surface area contributed by atoms with E-state index < -0.39 is 34.6 Å². The van der Waals surface area contributed by atoms with Crippen LogP contribution in [0.2, 0.25) is 0 Å². The summed E-state index contributed by atoms with van der Waals surface area (Å²) in [4.78, 5) is 20.9. The van der Waals surface area contributed by atoms with E-state index in [2.05, 4.69) is 0 Å². The molecule has 0 aliphatic heterocycles. The van der Waals surface area contributed by atoms with Crippen molar-refractivity contribution in [3.8, 4) is 11.5 Å². The van der Waals surface area contributed by atoms with Gasteiger partial charge in [0.25, 0.3) is 0 Å². The van der Waals surface area contributed by atoms with Crippen molar-refractivity contribution in [2.45, 2.75) is 0 Å². The second-order valence-corrected chi connectivity index (χ2v) is 2.50. The van der Waals surface area contributed by atoms with E-state index in [4.69, 9.17) is 20.4 Å². The van der Waals surface area contributed by atoms with Crippen molar-refractivity contribution in [2.24, 2.45) is 0 Å². The van der Waals surface area contributed by atoms with Gasteiger partial charge in [0.15, 0.2) is 0 Å². The van der Waals surface area contributed by atoms with Crippen molar-refractivity contribution in [1.29, 1.82) is 0 Å². The fourth-order valence-electron chi connectivity index (χ4n) is 0.919. The SMILES string of the molecule is O=C(O)c1cc(O)c(C(=O)O)cc1O.[Cu]. The third kappa shape index (κ3) is 2.61. The number of carboxylic acids is 2. The average Bonchev–Trinajstić information content (AvgIpc) is 2.07. The molecular formula is C8H6CuO6. The van der Waals surface area contributed by atoms with Gasteiger partial charge in [-0.15, -0.1) is 0 Å². The summed E-state index contributed by atoms with van der Waals surface area (Å²) in [6, 6.07) is 1.36. The van der Waals surface area contributed by atoms with Crippen LogP contribution in [-0.2, 0) is 17.1 Å². The molecule has 0 amide bonds. The molecular weight excluding hydrogens is 256 g/mol. The summed E-state index contributed by atoms with van der Waals surface area (Å²) < 4.78 is 0. The van der Waals surface area contributed by atoms with E-state index in [1.165, 1.54) is 0 Å². The van der Waals surface area contributed by atoms with Crippen LogP contribution in [0.1, 0.15) is 20.7 Å². The molecule has 0 spiro atoms. The second kappa shape index (κ2) is 4.68. The van der Waals surface area contributed by atoms with Gasteiger partial charge < -0.3 is 20.4 Å². The van der Waals surface area contributed by atoms with Crippen LogP contribution in [0.25, 0.3) is 0 Å². The minimum Gasteiger partial charge on any atom is -0.507 e. The van der Waals surface area contributed by atoms with Gasteiger partial charge in [0.1, 0.15) is 22.6 Å². The summed E-state index contributed by atoms with van der Waals surface area (Å²) in [5.74, 6) is -4.30. The van der Waals surface area contributed by atoms with E-state index in [-0.39, 0.29) is 17.1 Å². The first-order chi connectivity index (χ1) is 6.43. The molecule has 1 aromatic carbocycles. The zero-order chi connectivity index (χ0) is 10.9. The maximum atomic E-state index is 10.4. The predicted octanol–water partition coefficient (Wildman–Crippen LogP) is 0.492. The number of benzene rings is 1. The Kier molecular flexibility index (Phi) is 4.14. The molecule has 85 valence electrons. The van der Waals surface area contributed by atoms with Crippen LogP contribution < -0.4 is 0 Å². The van der Waals surface area contributed by atoms with Crippen LogP contribution in [0.4, 0.5) is 0 Å². The Balaban J connectivity index is 0.00000196. The third-order valence-electron chi connectivity index (χ3n) is 1.57. The van der Waals surface area contributed by atoms with E-state index >= 15 is 0 Å². The van der Waals surface area contributed by atoms with Gasteiger partial charge in [-0.05, 0) is 12.1 Å². The Labute approximate surface area is 94.3 Å². The molecule has 7 heteroatoms. The molecule has 1 aromatic rings. The second-order valence-electron chi connectivity index (χ2n) is 2.50. The molecule has 0 aliphatic carbocycles. The Morgan fingerprint density at radius 2 is 1.13 bits per heavy atom. The Bertz CT molecular complexity index is 374. The first kappa shape index (κ1) is 13.3. The maximum Gasteiger partial charge on any atom is 0.339 e. The van der Waals surface area contributed by atoms with Gasteiger partial charge >= 0.3 is 11.9 Å². The summed E-state index contributed by atoms with van der Waals surface area (Å²) in [6.45, 7) is 0.